The molecule has 0 aliphatic rings. The van der Waals surface area contributed by atoms with Gasteiger partial charge in [0.2, 0.25) is 0 Å². The second-order valence-electron chi connectivity index (χ2n) is 12.2. The Labute approximate surface area is 269 Å². The highest BCUT2D eigenvalue weighted by Crippen LogP contribution is 2.14. The third-order valence-electron chi connectivity index (χ3n) is 7.68. The molecule has 8 heteroatoms. The number of esters is 2. The number of carboxylic acids is 2. The maximum absolute atomic E-state index is 10.6. The summed E-state index contributed by atoms with van der Waals surface area (Å²) in [6, 6.07) is 0. The maximum atomic E-state index is 10.6. The zero-order chi connectivity index (χ0) is 32.9. The van der Waals surface area contributed by atoms with Crippen LogP contribution in [-0.2, 0) is 28.7 Å². The van der Waals surface area contributed by atoms with Crippen LogP contribution in [-0.4, -0.2) is 47.3 Å². The van der Waals surface area contributed by atoms with Gasteiger partial charge in [-0.15, -0.1) is 0 Å². The van der Waals surface area contributed by atoms with Crippen LogP contribution < -0.4 is 0 Å². The highest BCUT2D eigenvalue weighted by molar-refractivity contribution is 5.67. The van der Waals surface area contributed by atoms with Gasteiger partial charge >= 0.3 is 23.9 Å². The molecule has 2 N–H and O–H groups in total. The molecule has 0 spiro atoms. The summed E-state index contributed by atoms with van der Waals surface area (Å²) in [7, 11) is 0. The molecule has 0 saturated heterocycles. The molecule has 0 aromatic rings. The first kappa shape index (κ1) is 44.0. The van der Waals surface area contributed by atoms with Crippen LogP contribution in [0.1, 0.15) is 194 Å². The Hall–Kier alpha value is -2.12. The van der Waals surface area contributed by atoms with Crippen molar-refractivity contribution in [3.05, 3.63) is 0 Å². The fourth-order valence-corrected chi connectivity index (χ4v) is 5.08. The quantitative estimate of drug-likeness (QED) is 0.0556. The Morgan fingerprint density at radius 1 is 0.341 bits per heavy atom. The largest absolute Gasteiger partial charge is 0.481 e. The SMILES string of the molecule is CC(=O)OCCCCCCCCCCCCCCCC(=O)O.CC(=O)OCCCCCCCCCCCCCCCC(=O)O. The van der Waals surface area contributed by atoms with E-state index in [1.54, 1.807) is 0 Å². The smallest absolute Gasteiger partial charge is 0.303 e. The predicted octanol–water partition coefficient (Wildman–Crippen LogP) is 10.2. The summed E-state index contributed by atoms with van der Waals surface area (Å²) in [6.45, 7) is 4.05. The summed E-state index contributed by atoms with van der Waals surface area (Å²) in [6.07, 6.45) is 31.7. The zero-order valence-corrected chi connectivity index (χ0v) is 28.6. The van der Waals surface area contributed by atoms with Crippen LogP contribution in [0, 0.1) is 0 Å². The lowest BCUT2D eigenvalue weighted by Crippen LogP contribution is -2.00. The van der Waals surface area contributed by atoms with Gasteiger partial charge < -0.3 is 19.7 Å². The van der Waals surface area contributed by atoms with Crippen molar-refractivity contribution in [2.75, 3.05) is 13.2 Å². The lowest BCUT2D eigenvalue weighted by Gasteiger charge is -2.03. The van der Waals surface area contributed by atoms with Gasteiger partial charge in [0.25, 0.3) is 0 Å². The number of carbonyl (C=O) groups excluding carboxylic acids is 2. The van der Waals surface area contributed by atoms with E-state index < -0.39 is 11.9 Å². The first-order valence-electron chi connectivity index (χ1n) is 18.0. The van der Waals surface area contributed by atoms with E-state index in [-0.39, 0.29) is 11.9 Å². The van der Waals surface area contributed by atoms with E-state index in [0.717, 1.165) is 51.4 Å². The van der Waals surface area contributed by atoms with E-state index in [1.807, 2.05) is 0 Å². The van der Waals surface area contributed by atoms with Crippen LogP contribution >= 0.6 is 0 Å². The van der Waals surface area contributed by atoms with Gasteiger partial charge in [-0.3, -0.25) is 19.2 Å². The molecule has 0 aromatic carbocycles. The van der Waals surface area contributed by atoms with Crippen LogP contribution in [0.15, 0.2) is 0 Å². The lowest BCUT2D eigenvalue weighted by molar-refractivity contribution is -0.142. The summed E-state index contributed by atoms with van der Waals surface area (Å²) in [5.74, 6) is -1.71. The minimum absolute atomic E-state index is 0.179. The Morgan fingerprint density at radius 2 is 0.523 bits per heavy atom. The van der Waals surface area contributed by atoms with Crippen LogP contribution in [0.2, 0.25) is 0 Å². The molecular formula is C36H68O8. The van der Waals surface area contributed by atoms with E-state index in [1.165, 1.54) is 129 Å². The van der Waals surface area contributed by atoms with Gasteiger partial charge in [0.15, 0.2) is 0 Å². The summed E-state index contributed by atoms with van der Waals surface area (Å²) in [5, 5.41) is 17.0. The number of aliphatic carboxylic acids is 2. The third kappa shape index (κ3) is 46.8. The molecule has 0 atom stereocenters. The van der Waals surface area contributed by atoms with E-state index >= 15 is 0 Å². The number of unbranched alkanes of at least 4 members (excludes halogenated alkanes) is 24. The van der Waals surface area contributed by atoms with Gasteiger partial charge in [0.05, 0.1) is 13.2 Å². The first-order chi connectivity index (χ1) is 21.3. The minimum atomic E-state index is -0.675. The molecule has 260 valence electrons. The van der Waals surface area contributed by atoms with Gasteiger partial charge in [-0.2, -0.15) is 0 Å². The normalized spacial score (nSPS) is 10.6. The number of hydrogen-bond donors (Lipinski definition) is 2. The molecule has 0 amide bonds. The average molecular weight is 629 g/mol. The monoisotopic (exact) mass is 628 g/mol. The molecule has 8 nitrogen and oxygen atoms in total. The van der Waals surface area contributed by atoms with Gasteiger partial charge in [0, 0.05) is 26.7 Å². The van der Waals surface area contributed by atoms with Crippen molar-refractivity contribution >= 4 is 23.9 Å². The van der Waals surface area contributed by atoms with Crippen LogP contribution in [0.25, 0.3) is 0 Å². The lowest BCUT2D eigenvalue weighted by atomic mass is 10.0. The Kier molecular flexibility index (Phi) is 37.1. The van der Waals surface area contributed by atoms with Crippen molar-refractivity contribution < 1.29 is 38.9 Å². The summed E-state index contributed by atoms with van der Waals surface area (Å²) in [4.78, 5) is 41.8. The Morgan fingerprint density at radius 3 is 0.705 bits per heavy atom. The number of carboxylic acid groups (broad SMARTS) is 2. The van der Waals surface area contributed by atoms with Crippen molar-refractivity contribution in [3.8, 4) is 0 Å². The van der Waals surface area contributed by atoms with Gasteiger partial charge in [-0.1, -0.05) is 141 Å². The molecule has 0 saturated carbocycles. The van der Waals surface area contributed by atoms with Gasteiger partial charge in [-0.05, 0) is 25.7 Å². The molecule has 0 heterocycles. The van der Waals surface area contributed by atoms with Crippen molar-refractivity contribution in [1.82, 2.24) is 0 Å². The topological polar surface area (TPSA) is 127 Å². The maximum Gasteiger partial charge on any atom is 0.303 e. The van der Waals surface area contributed by atoms with Crippen molar-refractivity contribution in [2.45, 2.75) is 194 Å². The zero-order valence-electron chi connectivity index (χ0n) is 28.6. The number of carbonyl (C=O) groups is 4. The third-order valence-corrected chi connectivity index (χ3v) is 7.68. The van der Waals surface area contributed by atoms with Crippen molar-refractivity contribution in [3.63, 3.8) is 0 Å². The molecule has 0 aliphatic heterocycles. The summed E-state index contributed by atoms with van der Waals surface area (Å²) in [5.41, 5.74) is 0. The Bertz CT molecular complexity index is 553. The molecule has 0 aliphatic carbocycles. The van der Waals surface area contributed by atoms with E-state index in [2.05, 4.69) is 0 Å². The van der Waals surface area contributed by atoms with Crippen LogP contribution in [0.5, 0.6) is 0 Å². The fraction of sp³-hybridized carbons (Fsp3) is 0.889. The van der Waals surface area contributed by atoms with E-state index in [4.69, 9.17) is 19.7 Å². The minimum Gasteiger partial charge on any atom is -0.481 e. The molecule has 0 bridgehead atoms. The summed E-state index contributed by atoms with van der Waals surface area (Å²) >= 11 is 0. The highest BCUT2D eigenvalue weighted by atomic mass is 16.5. The van der Waals surface area contributed by atoms with E-state index in [0.29, 0.717) is 26.1 Å². The Balaban J connectivity index is 0. The first-order valence-corrected chi connectivity index (χ1v) is 18.0. The van der Waals surface area contributed by atoms with Crippen LogP contribution in [0.4, 0.5) is 0 Å². The predicted molar refractivity (Wildman–Crippen MR) is 178 cm³/mol. The number of hydrogen-bond acceptors (Lipinski definition) is 6. The molecule has 0 aromatic heterocycles. The molecular weight excluding hydrogens is 560 g/mol. The molecule has 0 radical (unpaired) electrons. The molecule has 0 fully saturated rings. The average Bonchev–Trinajstić information content (AvgIpc) is 2.96. The molecule has 0 rings (SSSR count). The molecule has 44 heavy (non-hydrogen) atoms. The fourth-order valence-electron chi connectivity index (χ4n) is 5.08. The van der Waals surface area contributed by atoms with Gasteiger partial charge in [0.1, 0.15) is 0 Å². The summed E-state index contributed by atoms with van der Waals surface area (Å²) < 4.78 is 9.79. The van der Waals surface area contributed by atoms with Crippen LogP contribution in [0.3, 0.4) is 0 Å². The highest BCUT2D eigenvalue weighted by Gasteiger charge is 1.99. The second-order valence-corrected chi connectivity index (χ2v) is 12.2. The second kappa shape index (κ2) is 37.1. The number of ether oxygens (including phenoxy) is 2. The van der Waals surface area contributed by atoms with E-state index in [9.17, 15) is 19.2 Å². The van der Waals surface area contributed by atoms with Gasteiger partial charge in [-0.25, -0.2) is 0 Å². The standard InChI is InChI=1S/2C18H34O4/c2*1-17(19)22-16-14-12-10-8-6-4-2-3-5-7-9-11-13-15-18(20)21/h2*2-16H2,1H3,(H,20,21). The number of rotatable bonds is 32. The van der Waals surface area contributed by atoms with Crippen molar-refractivity contribution in [2.24, 2.45) is 0 Å². The molecule has 0 unspecified atom stereocenters. The van der Waals surface area contributed by atoms with Crippen molar-refractivity contribution in [1.29, 1.82) is 0 Å².